The number of rotatable bonds is 0. The van der Waals surface area contributed by atoms with Crippen LogP contribution in [0.25, 0.3) is 60.3 Å². The van der Waals surface area contributed by atoms with Gasteiger partial charge in [-0.25, -0.2) is 0 Å². The van der Waals surface area contributed by atoms with E-state index in [-0.39, 0.29) is 0 Å². The van der Waals surface area contributed by atoms with Crippen molar-refractivity contribution >= 4 is 38.1 Å². The standard InChI is InChI=1S/C56H43N3/c57-25-33-20-44-50(47-32-19-35-21-34-18-31(46(33)47)23-55(34,35)24-32)51-52-39(38-9-3-6-12-43(38)56(52)41-10-4-1-7-36(41)37-8-2-5-11-42(37)56)22-40-49-45(59(44)54(40)51)26-58-53-30-16-27-13-28(17-30)15-29(14-27)48(49)53/h1-12,20,22,26-32,34-35H,13-19,21,23-24H2. The Bertz CT molecular complexity index is 3330. The van der Waals surface area contributed by atoms with Gasteiger partial charge in [-0.1, -0.05) is 72.8 Å². The number of hydrogen-bond acceptors (Lipinski definition) is 2. The van der Waals surface area contributed by atoms with Gasteiger partial charge in [0.2, 0.25) is 0 Å². The molecule has 0 N–H and O–H groups in total. The van der Waals surface area contributed by atoms with Crippen LogP contribution >= 0.6 is 0 Å². The number of hydrogen-bond donors (Lipinski definition) is 0. The molecule has 0 radical (unpaired) electrons. The van der Waals surface area contributed by atoms with Crippen LogP contribution in [0, 0.1) is 40.4 Å². The van der Waals surface area contributed by atoms with Crippen LogP contribution in [0.4, 0.5) is 0 Å². The second-order valence-corrected chi connectivity index (χ2v) is 21.3. The third-order valence-electron chi connectivity index (χ3n) is 19.4. The Kier molecular flexibility index (Phi) is 4.98. The molecule has 3 nitrogen and oxygen atoms in total. The molecule has 5 saturated carbocycles. The van der Waals surface area contributed by atoms with Crippen LogP contribution < -0.4 is 0 Å². The maximum atomic E-state index is 11.3. The molecule has 282 valence electrons. The molecule has 7 atom stereocenters. The van der Waals surface area contributed by atoms with Gasteiger partial charge in [0.15, 0.2) is 0 Å². The molecule has 8 aromatic rings. The van der Waals surface area contributed by atoms with Crippen molar-refractivity contribution in [1.82, 2.24) is 9.38 Å². The van der Waals surface area contributed by atoms with Crippen molar-refractivity contribution in [2.24, 2.45) is 29.1 Å². The minimum Gasteiger partial charge on any atom is -0.306 e. The summed E-state index contributed by atoms with van der Waals surface area (Å²) >= 11 is 0. The number of nitrogens with zero attached hydrogens (tertiary/aromatic N) is 3. The molecule has 5 fully saturated rings. The molecule has 7 bridgehead atoms. The van der Waals surface area contributed by atoms with E-state index < -0.39 is 5.41 Å². The molecule has 10 aliphatic carbocycles. The van der Waals surface area contributed by atoms with E-state index in [2.05, 4.69) is 102 Å². The lowest BCUT2D eigenvalue weighted by Crippen LogP contribution is -2.41. The number of fused-ring (bicyclic) bond motifs is 23. The van der Waals surface area contributed by atoms with Gasteiger partial charge in [-0.2, -0.15) is 5.26 Å². The lowest BCUT2D eigenvalue weighted by atomic mass is 9.56. The van der Waals surface area contributed by atoms with Crippen molar-refractivity contribution in [2.45, 2.75) is 93.3 Å². The smallest absolute Gasteiger partial charge is 0.0995 e. The lowest BCUT2D eigenvalue weighted by Gasteiger charge is -2.48. The van der Waals surface area contributed by atoms with E-state index in [0.29, 0.717) is 29.1 Å². The Labute approximate surface area is 343 Å². The van der Waals surface area contributed by atoms with E-state index in [9.17, 15) is 5.26 Å². The van der Waals surface area contributed by atoms with Crippen LogP contribution in [0.15, 0.2) is 91.1 Å². The summed E-state index contributed by atoms with van der Waals surface area (Å²) in [7, 11) is 0. The summed E-state index contributed by atoms with van der Waals surface area (Å²) in [5.41, 5.74) is 22.3. The molecule has 2 spiro atoms. The largest absolute Gasteiger partial charge is 0.306 e. The van der Waals surface area contributed by atoms with Crippen molar-refractivity contribution in [2.75, 3.05) is 0 Å². The molecule has 18 rings (SSSR count). The van der Waals surface area contributed by atoms with E-state index in [0.717, 1.165) is 29.2 Å². The summed E-state index contributed by atoms with van der Waals surface area (Å²) in [6.07, 6.45) is 15.6. The molecule has 3 heteroatoms. The zero-order valence-electron chi connectivity index (χ0n) is 33.2. The zero-order valence-corrected chi connectivity index (χ0v) is 33.2. The molecule has 5 aromatic carbocycles. The zero-order chi connectivity index (χ0) is 37.8. The fourth-order valence-corrected chi connectivity index (χ4v) is 18.0. The van der Waals surface area contributed by atoms with E-state index in [1.807, 2.05) is 0 Å². The van der Waals surface area contributed by atoms with Crippen molar-refractivity contribution in [1.29, 1.82) is 5.26 Å². The van der Waals surface area contributed by atoms with Crippen LogP contribution in [0.3, 0.4) is 0 Å². The second kappa shape index (κ2) is 9.61. The van der Waals surface area contributed by atoms with Gasteiger partial charge in [-0.15, -0.1) is 0 Å². The maximum Gasteiger partial charge on any atom is 0.0995 e. The molecule has 0 saturated heterocycles. The predicted molar refractivity (Wildman–Crippen MR) is 233 cm³/mol. The molecule has 0 amide bonds. The van der Waals surface area contributed by atoms with Gasteiger partial charge in [-0.3, -0.25) is 4.98 Å². The van der Waals surface area contributed by atoms with Gasteiger partial charge in [-0.05, 0) is 184 Å². The monoisotopic (exact) mass is 757 g/mol. The Morgan fingerprint density at radius 2 is 1.20 bits per heavy atom. The average molecular weight is 758 g/mol. The highest BCUT2D eigenvalue weighted by atomic mass is 14.9. The van der Waals surface area contributed by atoms with Crippen LogP contribution in [-0.4, -0.2) is 9.38 Å². The fraction of sp³-hybridized carbons (Fsp3) is 0.357. The molecule has 7 unspecified atom stereocenters. The molecule has 0 aliphatic heterocycles. The van der Waals surface area contributed by atoms with Gasteiger partial charge in [0.1, 0.15) is 0 Å². The van der Waals surface area contributed by atoms with Crippen LogP contribution in [0.1, 0.15) is 138 Å². The maximum absolute atomic E-state index is 11.3. The number of nitriles is 1. The van der Waals surface area contributed by atoms with Crippen molar-refractivity contribution in [3.05, 3.63) is 141 Å². The minimum atomic E-state index is -0.443. The predicted octanol–water partition coefficient (Wildman–Crippen LogP) is 13.2. The summed E-state index contributed by atoms with van der Waals surface area (Å²) in [6.45, 7) is 0. The van der Waals surface area contributed by atoms with Crippen molar-refractivity contribution in [3.8, 4) is 28.3 Å². The van der Waals surface area contributed by atoms with E-state index in [4.69, 9.17) is 4.98 Å². The first-order valence-corrected chi connectivity index (χ1v) is 23.1. The molecular weight excluding hydrogens is 715 g/mol. The van der Waals surface area contributed by atoms with E-state index >= 15 is 0 Å². The van der Waals surface area contributed by atoms with E-state index in [1.165, 1.54) is 158 Å². The Morgan fingerprint density at radius 3 is 1.88 bits per heavy atom. The van der Waals surface area contributed by atoms with Gasteiger partial charge >= 0.3 is 0 Å². The minimum absolute atomic E-state index is 0.443. The summed E-state index contributed by atoms with van der Waals surface area (Å²) in [6, 6.07) is 36.1. The highest BCUT2D eigenvalue weighted by Crippen LogP contribution is 2.77. The summed E-state index contributed by atoms with van der Waals surface area (Å²) in [5.74, 6) is 5.56. The number of benzene rings is 5. The first kappa shape index (κ1) is 30.6. The second-order valence-electron chi connectivity index (χ2n) is 21.3. The van der Waals surface area contributed by atoms with Crippen LogP contribution in [0.2, 0.25) is 0 Å². The quantitative estimate of drug-likeness (QED) is 0.155. The first-order valence-electron chi connectivity index (χ1n) is 23.1. The topological polar surface area (TPSA) is 41.1 Å². The highest BCUT2D eigenvalue weighted by molar-refractivity contribution is 6.29. The van der Waals surface area contributed by atoms with Crippen molar-refractivity contribution < 1.29 is 0 Å². The van der Waals surface area contributed by atoms with Gasteiger partial charge in [0.25, 0.3) is 0 Å². The third-order valence-corrected chi connectivity index (χ3v) is 19.4. The summed E-state index contributed by atoms with van der Waals surface area (Å²) in [4.78, 5) is 5.59. The van der Waals surface area contributed by atoms with Gasteiger partial charge in [0, 0.05) is 33.2 Å². The fourth-order valence-electron chi connectivity index (χ4n) is 18.0. The first-order chi connectivity index (χ1) is 29.1. The van der Waals surface area contributed by atoms with Crippen molar-refractivity contribution in [3.63, 3.8) is 0 Å². The third kappa shape index (κ3) is 3.09. The van der Waals surface area contributed by atoms with Gasteiger partial charge in [0.05, 0.1) is 39.8 Å². The number of pyridine rings is 1. The molecule has 3 aromatic heterocycles. The Balaban J connectivity index is 1.13. The highest BCUT2D eigenvalue weighted by Gasteiger charge is 2.66. The van der Waals surface area contributed by atoms with E-state index in [1.54, 1.807) is 11.1 Å². The summed E-state index contributed by atoms with van der Waals surface area (Å²) in [5, 5.41) is 17.1. The molecule has 59 heavy (non-hydrogen) atoms. The number of aromatic nitrogens is 2. The molecular formula is C56H43N3. The SMILES string of the molecule is N#Cc1cc2c(c3c1C1CC4CC5CC3CC45C1)c1c3c(cc4c5c6c(ncc5n2c41)C1CC2CC(C1)CC6C2)-c1ccccc1C31c2ccccc2-c2ccccc21. The average Bonchev–Trinajstić information content (AvgIpc) is 4.04. The molecule has 10 aliphatic rings. The molecule has 3 heterocycles. The van der Waals surface area contributed by atoms with Gasteiger partial charge < -0.3 is 4.40 Å². The Hall–Kier alpha value is -5.46. The van der Waals surface area contributed by atoms with Crippen LogP contribution in [-0.2, 0) is 5.41 Å². The summed E-state index contributed by atoms with van der Waals surface area (Å²) < 4.78 is 2.68. The normalized spacial score (nSPS) is 32.3. The van der Waals surface area contributed by atoms with Crippen LogP contribution in [0.5, 0.6) is 0 Å². The Morgan fingerprint density at radius 1 is 0.576 bits per heavy atom. The lowest BCUT2D eigenvalue weighted by molar-refractivity contribution is 0.00322.